The van der Waals surface area contributed by atoms with Crippen LogP contribution < -0.4 is 10.2 Å². The Balaban J connectivity index is 0.00000256. The number of aromatic hydroxyl groups is 1. The summed E-state index contributed by atoms with van der Waals surface area (Å²) in [5, 5.41) is 22.7. The lowest BCUT2D eigenvalue weighted by Gasteiger charge is -2.34. The fraction of sp³-hybridized carbons (Fsp3) is 0.318. The van der Waals surface area contributed by atoms with E-state index >= 15 is 0 Å². The first-order valence-electron chi connectivity index (χ1n) is 9.80. The van der Waals surface area contributed by atoms with Crippen molar-refractivity contribution in [1.29, 1.82) is 0 Å². The van der Waals surface area contributed by atoms with Crippen LogP contribution in [-0.4, -0.2) is 45.9 Å². The van der Waals surface area contributed by atoms with Crippen molar-refractivity contribution in [2.24, 2.45) is 5.92 Å². The maximum absolute atomic E-state index is 10.9. The Kier molecular flexibility index (Phi) is 6.62. The number of aromatic nitrogens is 2. The average Bonchev–Trinajstić information content (AvgIpc) is 2.72. The number of rotatable bonds is 4. The lowest BCUT2D eigenvalue weighted by atomic mass is 9.97. The SMILES string of the molecule is Cc1ccc2c(N3CCC[C@@H](CNC(=O)O)C3)nc(-c3ccccc3O)nc2c1.Cl. The molecule has 1 saturated heterocycles. The second-order valence-corrected chi connectivity index (χ2v) is 7.55. The highest BCUT2D eigenvalue weighted by molar-refractivity contribution is 5.92. The van der Waals surface area contributed by atoms with Gasteiger partial charge in [0.05, 0.1) is 11.1 Å². The van der Waals surface area contributed by atoms with E-state index < -0.39 is 6.09 Å². The normalized spacial score (nSPS) is 16.2. The van der Waals surface area contributed by atoms with Gasteiger partial charge < -0.3 is 20.4 Å². The molecule has 7 nitrogen and oxygen atoms in total. The summed E-state index contributed by atoms with van der Waals surface area (Å²) < 4.78 is 0. The van der Waals surface area contributed by atoms with Crippen LogP contribution in [0.25, 0.3) is 22.3 Å². The Bertz CT molecular complexity index is 1060. The number of nitrogens with one attached hydrogen (secondary N) is 1. The molecule has 0 aliphatic carbocycles. The second-order valence-electron chi connectivity index (χ2n) is 7.55. The number of anilines is 1. The van der Waals surface area contributed by atoms with Gasteiger partial charge in [0.1, 0.15) is 11.6 Å². The van der Waals surface area contributed by atoms with Gasteiger partial charge >= 0.3 is 6.09 Å². The number of carbonyl (C=O) groups is 1. The maximum atomic E-state index is 10.9. The Morgan fingerprint density at radius 1 is 1.23 bits per heavy atom. The van der Waals surface area contributed by atoms with E-state index in [9.17, 15) is 9.90 Å². The van der Waals surface area contributed by atoms with Crippen molar-refractivity contribution < 1.29 is 15.0 Å². The number of nitrogens with zero attached hydrogens (tertiary/aromatic N) is 3. The highest BCUT2D eigenvalue weighted by Crippen LogP contribution is 2.33. The number of phenolic OH excluding ortho intramolecular Hbond substituents is 1. The third kappa shape index (κ3) is 4.57. The average molecular weight is 429 g/mol. The van der Waals surface area contributed by atoms with E-state index in [1.807, 2.05) is 37.3 Å². The first-order chi connectivity index (χ1) is 14.0. The van der Waals surface area contributed by atoms with Crippen LogP contribution in [0.1, 0.15) is 18.4 Å². The minimum Gasteiger partial charge on any atom is -0.507 e. The Morgan fingerprint density at radius 3 is 2.80 bits per heavy atom. The minimum absolute atomic E-state index is 0. The van der Waals surface area contributed by atoms with E-state index in [1.54, 1.807) is 12.1 Å². The fourth-order valence-electron chi connectivity index (χ4n) is 3.90. The van der Waals surface area contributed by atoms with E-state index in [-0.39, 0.29) is 24.1 Å². The highest BCUT2D eigenvalue weighted by atomic mass is 35.5. The van der Waals surface area contributed by atoms with Crippen molar-refractivity contribution in [2.75, 3.05) is 24.5 Å². The summed E-state index contributed by atoms with van der Waals surface area (Å²) in [6.07, 6.45) is 0.951. The van der Waals surface area contributed by atoms with E-state index in [2.05, 4.69) is 10.2 Å². The zero-order valence-corrected chi connectivity index (χ0v) is 17.5. The molecule has 158 valence electrons. The van der Waals surface area contributed by atoms with Gasteiger partial charge in [-0.1, -0.05) is 18.2 Å². The summed E-state index contributed by atoms with van der Waals surface area (Å²) >= 11 is 0. The predicted octanol–water partition coefficient (Wildman–Crippen LogP) is 4.22. The van der Waals surface area contributed by atoms with E-state index in [0.717, 1.165) is 48.2 Å². The molecule has 3 aromatic rings. The molecular weight excluding hydrogens is 404 g/mol. The van der Waals surface area contributed by atoms with Crippen molar-refractivity contribution >= 4 is 35.2 Å². The summed E-state index contributed by atoms with van der Waals surface area (Å²) in [5.74, 6) is 1.69. The molecule has 0 unspecified atom stereocenters. The number of aryl methyl sites for hydroxylation is 1. The van der Waals surface area contributed by atoms with Crippen LogP contribution in [0.5, 0.6) is 5.75 Å². The van der Waals surface area contributed by atoms with Crippen LogP contribution >= 0.6 is 12.4 Å². The van der Waals surface area contributed by atoms with Crippen molar-refractivity contribution in [2.45, 2.75) is 19.8 Å². The number of hydrogen-bond donors (Lipinski definition) is 3. The molecule has 1 fully saturated rings. The van der Waals surface area contributed by atoms with Crippen LogP contribution in [0.4, 0.5) is 10.6 Å². The van der Waals surface area contributed by atoms with Gasteiger partial charge in [-0.15, -0.1) is 12.4 Å². The number of phenols is 1. The predicted molar refractivity (Wildman–Crippen MR) is 120 cm³/mol. The van der Waals surface area contributed by atoms with Gasteiger partial charge in [0.15, 0.2) is 5.82 Å². The van der Waals surface area contributed by atoms with Gasteiger partial charge in [-0.05, 0) is 55.5 Å². The molecule has 1 atom stereocenters. The van der Waals surface area contributed by atoms with Gasteiger partial charge in [0.25, 0.3) is 0 Å². The third-order valence-corrected chi connectivity index (χ3v) is 5.34. The van der Waals surface area contributed by atoms with Crippen LogP contribution in [-0.2, 0) is 0 Å². The summed E-state index contributed by atoms with van der Waals surface area (Å²) in [6.45, 7) is 4.03. The number of hydrogen-bond acceptors (Lipinski definition) is 5. The van der Waals surface area contributed by atoms with Crippen LogP contribution in [0.2, 0.25) is 0 Å². The van der Waals surface area contributed by atoms with Crippen molar-refractivity contribution in [1.82, 2.24) is 15.3 Å². The third-order valence-electron chi connectivity index (χ3n) is 5.34. The van der Waals surface area contributed by atoms with Gasteiger partial charge in [-0.3, -0.25) is 0 Å². The Labute approximate surface area is 181 Å². The molecule has 1 aromatic heterocycles. The molecule has 30 heavy (non-hydrogen) atoms. The van der Waals surface area contributed by atoms with Gasteiger partial charge in [0, 0.05) is 25.0 Å². The van der Waals surface area contributed by atoms with E-state index in [1.165, 1.54) is 0 Å². The molecular formula is C22H25ClN4O3. The number of carboxylic acid groups (broad SMARTS) is 1. The topological polar surface area (TPSA) is 98.6 Å². The van der Waals surface area contributed by atoms with Crippen LogP contribution in [0.15, 0.2) is 42.5 Å². The lowest BCUT2D eigenvalue weighted by Crippen LogP contribution is -2.41. The minimum atomic E-state index is -0.994. The zero-order valence-electron chi connectivity index (χ0n) is 16.7. The summed E-state index contributed by atoms with van der Waals surface area (Å²) in [6, 6.07) is 13.2. The maximum Gasteiger partial charge on any atom is 0.404 e. The van der Waals surface area contributed by atoms with Gasteiger partial charge in [0.2, 0.25) is 0 Å². The summed E-state index contributed by atoms with van der Waals surface area (Å²) in [7, 11) is 0. The number of amides is 1. The molecule has 1 aliphatic rings. The number of fused-ring (bicyclic) bond motifs is 1. The molecule has 0 radical (unpaired) electrons. The van der Waals surface area contributed by atoms with Gasteiger partial charge in [-0.25, -0.2) is 14.8 Å². The quantitative estimate of drug-likeness (QED) is 0.575. The molecule has 8 heteroatoms. The van der Waals surface area contributed by atoms with E-state index in [4.69, 9.17) is 15.1 Å². The van der Waals surface area contributed by atoms with Crippen molar-refractivity contribution in [3.63, 3.8) is 0 Å². The smallest absolute Gasteiger partial charge is 0.404 e. The number of benzene rings is 2. The molecule has 1 amide bonds. The Morgan fingerprint density at radius 2 is 2.03 bits per heavy atom. The largest absolute Gasteiger partial charge is 0.507 e. The number of piperidine rings is 1. The molecule has 4 rings (SSSR count). The molecule has 0 bridgehead atoms. The standard InChI is InChI=1S/C22H24N4O3.ClH/c1-14-8-9-16-18(11-14)24-20(17-6-2-3-7-19(17)27)25-21(16)26-10-4-5-15(13-26)12-23-22(28)29;/h2-3,6-9,11,15,23,27H,4-5,10,12-13H2,1H3,(H,28,29);1H/t15-;/m0./s1. The number of para-hydroxylation sites is 1. The summed E-state index contributed by atoms with van der Waals surface area (Å²) in [4.78, 5) is 22.6. The number of halogens is 1. The molecule has 0 spiro atoms. The molecule has 1 aliphatic heterocycles. The van der Waals surface area contributed by atoms with Crippen molar-refractivity contribution in [3.05, 3.63) is 48.0 Å². The van der Waals surface area contributed by atoms with Gasteiger partial charge in [-0.2, -0.15) is 0 Å². The molecule has 2 heterocycles. The van der Waals surface area contributed by atoms with Crippen LogP contribution in [0, 0.1) is 12.8 Å². The van der Waals surface area contributed by atoms with E-state index in [0.29, 0.717) is 17.9 Å². The van der Waals surface area contributed by atoms with Crippen molar-refractivity contribution in [3.8, 4) is 17.1 Å². The highest BCUT2D eigenvalue weighted by Gasteiger charge is 2.24. The molecule has 3 N–H and O–H groups in total. The second kappa shape index (κ2) is 9.17. The fourth-order valence-corrected chi connectivity index (χ4v) is 3.90. The zero-order chi connectivity index (χ0) is 20.4. The monoisotopic (exact) mass is 428 g/mol. The summed E-state index contributed by atoms with van der Waals surface area (Å²) in [5.41, 5.74) is 2.53. The molecule has 2 aromatic carbocycles. The first-order valence-corrected chi connectivity index (χ1v) is 9.80. The first kappa shape index (κ1) is 21.6. The van der Waals surface area contributed by atoms with Crippen LogP contribution in [0.3, 0.4) is 0 Å². The Hall–Kier alpha value is -3.06. The molecule has 0 saturated carbocycles. The lowest BCUT2D eigenvalue weighted by molar-refractivity contribution is 0.191.